The Morgan fingerprint density at radius 2 is 2.43 bits per heavy atom. The van der Waals surface area contributed by atoms with Gasteiger partial charge in [-0.2, -0.15) is 0 Å². The zero-order chi connectivity index (χ0) is 15.0. The van der Waals surface area contributed by atoms with Gasteiger partial charge in [0.1, 0.15) is 0 Å². The van der Waals surface area contributed by atoms with Crippen molar-refractivity contribution < 1.29 is 19.2 Å². The highest BCUT2D eigenvalue weighted by atomic mass is 16.5. The Balaban J connectivity index is 1.71. The maximum absolute atomic E-state index is 11.7. The molecule has 2 fully saturated rings. The number of hydrogen-bond acceptors (Lipinski definition) is 5. The molecule has 1 aromatic rings. The zero-order valence-electron chi connectivity index (χ0n) is 12.5. The van der Waals surface area contributed by atoms with Gasteiger partial charge in [-0.25, -0.2) is 0 Å². The number of likely N-dealkylation sites (tertiary alicyclic amines) is 1. The Labute approximate surface area is 124 Å². The first-order valence-electron chi connectivity index (χ1n) is 7.50. The van der Waals surface area contributed by atoms with E-state index >= 15 is 0 Å². The Morgan fingerprint density at radius 3 is 3.05 bits per heavy atom. The predicted octanol–water partition coefficient (Wildman–Crippen LogP) is 1.72. The second-order valence-corrected chi connectivity index (χ2v) is 6.53. The fourth-order valence-electron chi connectivity index (χ4n) is 3.42. The van der Waals surface area contributed by atoms with Crippen LogP contribution in [0.15, 0.2) is 10.6 Å². The van der Waals surface area contributed by atoms with E-state index in [9.17, 15) is 9.90 Å². The molecule has 0 unspecified atom stereocenters. The second-order valence-electron chi connectivity index (χ2n) is 6.53. The molecular formula is C15H22N2O4. The number of rotatable bonds is 4. The Kier molecular flexibility index (Phi) is 3.75. The van der Waals surface area contributed by atoms with Crippen molar-refractivity contribution in [3.63, 3.8) is 0 Å². The Morgan fingerprint density at radius 1 is 1.62 bits per heavy atom. The lowest BCUT2D eigenvalue weighted by Crippen LogP contribution is -2.44. The summed E-state index contributed by atoms with van der Waals surface area (Å²) >= 11 is 0. The van der Waals surface area contributed by atoms with Crippen LogP contribution >= 0.6 is 0 Å². The number of carboxylic acids is 1. The third kappa shape index (κ3) is 2.58. The lowest BCUT2D eigenvalue weighted by molar-refractivity contribution is -0.157. The van der Waals surface area contributed by atoms with Crippen molar-refractivity contribution in [2.45, 2.75) is 32.7 Å². The van der Waals surface area contributed by atoms with Gasteiger partial charge in [-0.05, 0) is 12.3 Å². The molecule has 116 valence electrons. The van der Waals surface area contributed by atoms with Gasteiger partial charge in [-0.1, -0.05) is 19.0 Å². The van der Waals surface area contributed by atoms with E-state index in [1.807, 2.05) is 6.07 Å². The van der Waals surface area contributed by atoms with E-state index in [1.165, 1.54) is 0 Å². The van der Waals surface area contributed by atoms with Gasteiger partial charge >= 0.3 is 5.97 Å². The van der Waals surface area contributed by atoms with Crippen molar-refractivity contribution in [3.05, 3.63) is 17.5 Å². The summed E-state index contributed by atoms with van der Waals surface area (Å²) < 4.78 is 10.8. The van der Waals surface area contributed by atoms with Crippen LogP contribution < -0.4 is 0 Å². The summed E-state index contributed by atoms with van der Waals surface area (Å²) in [5.41, 5.74) is 0.289. The first-order chi connectivity index (χ1) is 10.0. The van der Waals surface area contributed by atoms with E-state index in [0.717, 1.165) is 18.0 Å². The normalized spacial score (nSPS) is 29.8. The molecule has 0 bridgehead atoms. The lowest BCUT2D eigenvalue weighted by Gasteiger charge is -2.34. The molecule has 2 saturated heterocycles. The fraction of sp³-hybridized carbons (Fsp3) is 0.733. The molecule has 2 atom stereocenters. The number of carbonyl (C=O) groups is 1. The molecule has 0 saturated carbocycles. The Hall–Kier alpha value is -1.40. The molecule has 1 aromatic heterocycles. The number of carboxylic acid groups (broad SMARTS) is 1. The predicted molar refractivity (Wildman–Crippen MR) is 74.9 cm³/mol. The quantitative estimate of drug-likeness (QED) is 0.911. The lowest BCUT2D eigenvalue weighted by atomic mass is 9.74. The van der Waals surface area contributed by atoms with Gasteiger partial charge in [-0.15, -0.1) is 0 Å². The molecular weight excluding hydrogens is 272 g/mol. The number of aliphatic carboxylic acids is 1. The van der Waals surface area contributed by atoms with E-state index in [0.29, 0.717) is 38.6 Å². The topological polar surface area (TPSA) is 75.8 Å². The maximum Gasteiger partial charge on any atom is 0.311 e. The van der Waals surface area contributed by atoms with E-state index in [1.54, 1.807) is 0 Å². The summed E-state index contributed by atoms with van der Waals surface area (Å²) in [4.78, 5) is 13.9. The number of ether oxygens (including phenoxy) is 1. The molecule has 1 N–H and O–H groups in total. The van der Waals surface area contributed by atoms with E-state index in [4.69, 9.17) is 9.26 Å². The largest absolute Gasteiger partial charge is 0.481 e. The summed E-state index contributed by atoms with van der Waals surface area (Å²) in [7, 11) is 0. The molecule has 2 aliphatic rings. The van der Waals surface area contributed by atoms with Crippen LogP contribution in [0.25, 0.3) is 0 Å². The van der Waals surface area contributed by atoms with Gasteiger partial charge in [0, 0.05) is 31.7 Å². The SMILES string of the molecule is CC(C)c1cc(CN2C[C@@H]3COCC[C@]3(C(=O)O)C2)on1. The average Bonchev–Trinajstić information content (AvgIpc) is 3.03. The molecule has 0 radical (unpaired) electrons. The highest BCUT2D eigenvalue weighted by Gasteiger charge is 2.53. The molecule has 21 heavy (non-hydrogen) atoms. The molecule has 0 aromatic carbocycles. The standard InChI is InChI=1S/C15H22N2O4/c1-10(2)13-5-12(21-16-13)7-17-6-11-8-20-4-3-15(11,9-17)14(18)19/h5,10-11H,3-4,6-9H2,1-2H3,(H,18,19)/t11-,15+/m1/s1. The molecule has 0 amide bonds. The smallest absolute Gasteiger partial charge is 0.311 e. The van der Waals surface area contributed by atoms with E-state index in [2.05, 4.69) is 23.9 Å². The van der Waals surface area contributed by atoms with Crippen LogP contribution in [-0.4, -0.2) is 47.4 Å². The third-order valence-corrected chi connectivity index (χ3v) is 4.75. The summed E-state index contributed by atoms with van der Waals surface area (Å²) in [5, 5.41) is 13.7. The van der Waals surface area contributed by atoms with Crippen LogP contribution in [0, 0.1) is 11.3 Å². The van der Waals surface area contributed by atoms with Crippen LogP contribution in [0.5, 0.6) is 0 Å². The zero-order valence-corrected chi connectivity index (χ0v) is 12.5. The second kappa shape index (κ2) is 5.42. The van der Waals surface area contributed by atoms with Gasteiger partial charge in [0.2, 0.25) is 0 Å². The van der Waals surface area contributed by atoms with Crippen LogP contribution in [0.2, 0.25) is 0 Å². The minimum Gasteiger partial charge on any atom is -0.481 e. The van der Waals surface area contributed by atoms with E-state index in [-0.39, 0.29) is 5.92 Å². The van der Waals surface area contributed by atoms with Gasteiger partial charge in [0.15, 0.2) is 5.76 Å². The maximum atomic E-state index is 11.7. The van der Waals surface area contributed by atoms with Gasteiger partial charge in [0.05, 0.1) is 24.3 Å². The first kappa shape index (κ1) is 14.5. The van der Waals surface area contributed by atoms with Crippen molar-refractivity contribution in [1.82, 2.24) is 10.1 Å². The van der Waals surface area contributed by atoms with Gasteiger partial charge in [-0.3, -0.25) is 9.69 Å². The van der Waals surface area contributed by atoms with Crippen molar-refractivity contribution >= 4 is 5.97 Å². The summed E-state index contributed by atoms with van der Waals surface area (Å²) in [6, 6.07) is 1.97. The van der Waals surface area contributed by atoms with Gasteiger partial charge < -0.3 is 14.4 Å². The Bertz CT molecular complexity index is 527. The number of nitrogens with zero attached hydrogens (tertiary/aromatic N) is 2. The first-order valence-corrected chi connectivity index (χ1v) is 7.50. The highest BCUT2D eigenvalue weighted by molar-refractivity contribution is 5.76. The van der Waals surface area contributed by atoms with Crippen molar-refractivity contribution in [3.8, 4) is 0 Å². The third-order valence-electron chi connectivity index (χ3n) is 4.75. The van der Waals surface area contributed by atoms with Crippen LogP contribution in [-0.2, 0) is 16.1 Å². The number of aromatic nitrogens is 1. The molecule has 6 heteroatoms. The highest BCUT2D eigenvalue weighted by Crippen LogP contribution is 2.42. The number of hydrogen-bond donors (Lipinski definition) is 1. The van der Waals surface area contributed by atoms with Crippen molar-refractivity contribution in [2.24, 2.45) is 11.3 Å². The monoisotopic (exact) mass is 294 g/mol. The summed E-state index contributed by atoms with van der Waals surface area (Å²) in [5.74, 6) is 0.510. The molecule has 6 nitrogen and oxygen atoms in total. The number of fused-ring (bicyclic) bond motifs is 1. The fourth-order valence-corrected chi connectivity index (χ4v) is 3.42. The van der Waals surface area contributed by atoms with Gasteiger partial charge in [0.25, 0.3) is 0 Å². The molecule has 3 heterocycles. The molecule has 3 rings (SSSR count). The molecule has 0 aliphatic carbocycles. The minimum absolute atomic E-state index is 0.0660. The van der Waals surface area contributed by atoms with Crippen LogP contribution in [0.1, 0.15) is 37.6 Å². The molecule has 0 spiro atoms. The van der Waals surface area contributed by atoms with Crippen molar-refractivity contribution in [2.75, 3.05) is 26.3 Å². The summed E-state index contributed by atoms with van der Waals surface area (Å²) in [6.07, 6.45) is 0.594. The molecule has 2 aliphatic heterocycles. The van der Waals surface area contributed by atoms with Crippen LogP contribution in [0.3, 0.4) is 0 Å². The minimum atomic E-state index is -0.696. The van der Waals surface area contributed by atoms with Crippen molar-refractivity contribution in [1.29, 1.82) is 0 Å². The van der Waals surface area contributed by atoms with E-state index < -0.39 is 11.4 Å². The summed E-state index contributed by atoms with van der Waals surface area (Å²) in [6.45, 7) is 7.14. The van der Waals surface area contributed by atoms with Crippen LogP contribution in [0.4, 0.5) is 0 Å². The average molecular weight is 294 g/mol.